The number of hydrogen-bond acceptors (Lipinski definition) is 7. The maximum absolute atomic E-state index is 13.8. The number of thiazole rings is 1. The van der Waals surface area contributed by atoms with Crippen LogP contribution in [0.5, 0.6) is 11.5 Å². The SMILES string of the molecule is CCN(CC)CCN(C(=O)c1sc2ccccc2c1Cl)c1nc2cc(OC)c(OC)cc2s1. The van der Waals surface area contributed by atoms with E-state index in [9.17, 15) is 4.79 Å². The number of methoxy groups -OCH3 is 2. The number of halogens is 1. The van der Waals surface area contributed by atoms with E-state index in [4.69, 9.17) is 26.1 Å². The molecule has 0 spiro atoms. The molecule has 6 nitrogen and oxygen atoms in total. The number of ether oxygens (including phenoxy) is 2. The molecule has 0 atom stereocenters. The van der Waals surface area contributed by atoms with Crippen molar-refractivity contribution < 1.29 is 14.3 Å². The summed E-state index contributed by atoms with van der Waals surface area (Å²) >= 11 is 9.54. The minimum Gasteiger partial charge on any atom is -0.493 e. The standard InChI is InChI=1S/C24H26ClN3O3S2/c1-5-27(6-2)11-12-28(23(29)22-21(25)15-9-7-8-10-19(15)32-22)24-26-16-13-17(30-3)18(31-4)14-20(16)33-24/h7-10,13-14H,5-6,11-12H2,1-4H3. The minimum absolute atomic E-state index is 0.133. The van der Waals surface area contributed by atoms with Crippen molar-refractivity contribution in [2.24, 2.45) is 0 Å². The third-order valence-electron chi connectivity index (χ3n) is 5.62. The van der Waals surface area contributed by atoms with Crippen LogP contribution in [0.1, 0.15) is 23.5 Å². The van der Waals surface area contributed by atoms with E-state index in [-0.39, 0.29) is 5.91 Å². The molecule has 2 aromatic heterocycles. The van der Waals surface area contributed by atoms with Gasteiger partial charge in [0, 0.05) is 35.3 Å². The van der Waals surface area contributed by atoms with E-state index in [0.29, 0.717) is 33.1 Å². The van der Waals surface area contributed by atoms with Crippen LogP contribution in [0.15, 0.2) is 36.4 Å². The van der Waals surface area contributed by atoms with Gasteiger partial charge in [-0.1, -0.05) is 55.0 Å². The number of nitrogens with zero attached hydrogens (tertiary/aromatic N) is 3. The molecule has 0 aliphatic rings. The highest BCUT2D eigenvalue weighted by Crippen LogP contribution is 2.40. The fourth-order valence-corrected chi connectivity index (χ4v) is 6.16. The van der Waals surface area contributed by atoms with Crippen LogP contribution < -0.4 is 14.4 Å². The van der Waals surface area contributed by atoms with Crippen molar-refractivity contribution in [1.29, 1.82) is 0 Å². The molecular formula is C24H26ClN3O3S2. The minimum atomic E-state index is -0.133. The van der Waals surface area contributed by atoms with Crippen LogP contribution in [0.2, 0.25) is 5.02 Å². The molecule has 9 heteroatoms. The average Bonchev–Trinajstić information content (AvgIpc) is 3.41. The summed E-state index contributed by atoms with van der Waals surface area (Å²) < 4.78 is 12.8. The number of carbonyl (C=O) groups is 1. The first-order valence-corrected chi connectivity index (χ1v) is 12.8. The first-order valence-electron chi connectivity index (χ1n) is 10.7. The largest absolute Gasteiger partial charge is 0.493 e. The maximum atomic E-state index is 13.8. The van der Waals surface area contributed by atoms with Crippen LogP contribution >= 0.6 is 34.3 Å². The van der Waals surface area contributed by atoms with E-state index in [1.165, 1.54) is 22.7 Å². The maximum Gasteiger partial charge on any atom is 0.271 e. The number of aromatic nitrogens is 1. The lowest BCUT2D eigenvalue weighted by Crippen LogP contribution is -2.38. The van der Waals surface area contributed by atoms with Crippen molar-refractivity contribution in [1.82, 2.24) is 9.88 Å². The molecule has 33 heavy (non-hydrogen) atoms. The second-order valence-electron chi connectivity index (χ2n) is 7.40. The van der Waals surface area contributed by atoms with Gasteiger partial charge >= 0.3 is 0 Å². The molecular weight excluding hydrogens is 478 g/mol. The molecule has 1 amide bonds. The molecule has 0 bridgehead atoms. The molecule has 2 aromatic carbocycles. The van der Waals surface area contributed by atoms with E-state index in [1.807, 2.05) is 36.4 Å². The van der Waals surface area contributed by atoms with Gasteiger partial charge in [-0.15, -0.1) is 11.3 Å². The highest BCUT2D eigenvalue weighted by Gasteiger charge is 2.27. The second kappa shape index (κ2) is 10.3. The highest BCUT2D eigenvalue weighted by atomic mass is 35.5. The first kappa shape index (κ1) is 23.8. The third-order valence-corrected chi connectivity index (χ3v) is 8.33. The van der Waals surface area contributed by atoms with Gasteiger partial charge in [0.25, 0.3) is 5.91 Å². The highest BCUT2D eigenvalue weighted by molar-refractivity contribution is 7.23. The number of amides is 1. The number of likely N-dealkylation sites (N-methyl/N-ethyl adjacent to an activating group) is 1. The van der Waals surface area contributed by atoms with Crippen LogP contribution in [0.25, 0.3) is 20.3 Å². The van der Waals surface area contributed by atoms with Gasteiger partial charge in [-0.25, -0.2) is 4.98 Å². The predicted octanol–water partition coefficient (Wildman–Crippen LogP) is 6.17. The van der Waals surface area contributed by atoms with Crippen molar-refractivity contribution in [3.05, 3.63) is 46.3 Å². The Bertz CT molecular complexity index is 1240. The van der Waals surface area contributed by atoms with Crippen molar-refractivity contribution in [2.75, 3.05) is 45.3 Å². The molecule has 0 saturated carbocycles. The van der Waals surface area contributed by atoms with Crippen LogP contribution in [0, 0.1) is 0 Å². The zero-order chi connectivity index (χ0) is 23.5. The number of anilines is 1. The number of carbonyl (C=O) groups excluding carboxylic acids is 1. The fourth-order valence-electron chi connectivity index (χ4n) is 3.70. The van der Waals surface area contributed by atoms with Gasteiger partial charge in [0.15, 0.2) is 16.6 Å². The summed E-state index contributed by atoms with van der Waals surface area (Å²) in [6, 6.07) is 11.6. The van der Waals surface area contributed by atoms with Crippen LogP contribution in [-0.4, -0.2) is 56.2 Å². The summed E-state index contributed by atoms with van der Waals surface area (Å²) in [5.74, 6) is 1.11. The Morgan fingerprint density at radius 3 is 2.36 bits per heavy atom. The molecule has 0 radical (unpaired) electrons. The molecule has 0 fully saturated rings. The molecule has 4 aromatic rings. The van der Waals surface area contributed by atoms with E-state index < -0.39 is 0 Å². The lowest BCUT2D eigenvalue weighted by Gasteiger charge is -2.24. The first-order chi connectivity index (χ1) is 16.0. The summed E-state index contributed by atoms with van der Waals surface area (Å²) in [6.45, 7) is 7.32. The molecule has 0 aliphatic carbocycles. The van der Waals surface area contributed by atoms with Gasteiger partial charge in [0.2, 0.25) is 0 Å². The summed E-state index contributed by atoms with van der Waals surface area (Å²) in [5.41, 5.74) is 0.760. The topological polar surface area (TPSA) is 54.9 Å². The quantitative estimate of drug-likeness (QED) is 0.273. The normalized spacial score (nSPS) is 11.5. The Kier molecular flexibility index (Phi) is 7.38. The molecule has 0 aliphatic heterocycles. The number of fused-ring (bicyclic) bond motifs is 2. The van der Waals surface area contributed by atoms with E-state index in [2.05, 4.69) is 18.7 Å². The monoisotopic (exact) mass is 503 g/mol. The number of thiophene rings is 1. The summed E-state index contributed by atoms with van der Waals surface area (Å²) in [5, 5.41) is 2.03. The second-order valence-corrected chi connectivity index (χ2v) is 9.84. The lowest BCUT2D eigenvalue weighted by atomic mass is 10.2. The van der Waals surface area contributed by atoms with Crippen LogP contribution in [-0.2, 0) is 0 Å². The van der Waals surface area contributed by atoms with Gasteiger partial charge < -0.3 is 14.4 Å². The fraction of sp³-hybridized carbons (Fsp3) is 0.333. The van der Waals surface area contributed by atoms with Gasteiger partial charge in [-0.05, 0) is 19.2 Å². The third kappa shape index (κ3) is 4.66. The van der Waals surface area contributed by atoms with Crippen LogP contribution in [0.4, 0.5) is 5.13 Å². The summed E-state index contributed by atoms with van der Waals surface area (Å²) in [6.07, 6.45) is 0. The predicted molar refractivity (Wildman–Crippen MR) is 139 cm³/mol. The van der Waals surface area contributed by atoms with Crippen molar-refractivity contribution in [2.45, 2.75) is 13.8 Å². The number of hydrogen-bond donors (Lipinski definition) is 0. The van der Waals surface area contributed by atoms with Crippen molar-refractivity contribution in [3.63, 3.8) is 0 Å². The Balaban J connectivity index is 1.77. The Morgan fingerprint density at radius 1 is 1.00 bits per heavy atom. The molecule has 4 rings (SSSR count). The Morgan fingerprint density at radius 2 is 1.70 bits per heavy atom. The lowest BCUT2D eigenvalue weighted by molar-refractivity contribution is 0.0988. The summed E-state index contributed by atoms with van der Waals surface area (Å²) in [4.78, 5) is 23.2. The van der Waals surface area contributed by atoms with Gasteiger partial charge in [0.05, 0.1) is 29.5 Å². The zero-order valence-electron chi connectivity index (χ0n) is 19.1. The average molecular weight is 504 g/mol. The van der Waals surface area contributed by atoms with Crippen molar-refractivity contribution >= 4 is 65.6 Å². The smallest absolute Gasteiger partial charge is 0.271 e. The molecule has 0 N–H and O–H groups in total. The summed E-state index contributed by atoms with van der Waals surface area (Å²) in [7, 11) is 3.20. The molecule has 2 heterocycles. The van der Waals surface area contributed by atoms with E-state index in [0.717, 1.165) is 39.9 Å². The van der Waals surface area contributed by atoms with Crippen LogP contribution in [0.3, 0.4) is 0 Å². The van der Waals surface area contributed by atoms with E-state index in [1.54, 1.807) is 19.1 Å². The van der Waals surface area contributed by atoms with Gasteiger partial charge in [-0.3, -0.25) is 9.69 Å². The number of benzene rings is 2. The van der Waals surface area contributed by atoms with Gasteiger partial charge in [-0.2, -0.15) is 0 Å². The number of rotatable bonds is 9. The molecule has 0 saturated heterocycles. The zero-order valence-corrected chi connectivity index (χ0v) is 21.4. The Labute approximate surface area is 206 Å². The van der Waals surface area contributed by atoms with E-state index >= 15 is 0 Å². The molecule has 0 unspecified atom stereocenters. The van der Waals surface area contributed by atoms with Crippen molar-refractivity contribution in [3.8, 4) is 11.5 Å². The molecule has 174 valence electrons. The Hall–Kier alpha value is -2.39. The van der Waals surface area contributed by atoms with Gasteiger partial charge in [0.1, 0.15) is 4.88 Å².